The van der Waals surface area contributed by atoms with E-state index in [0.29, 0.717) is 30.2 Å². The molecule has 1 saturated heterocycles. The van der Waals surface area contributed by atoms with E-state index in [2.05, 4.69) is 15.0 Å². The molecule has 0 aliphatic carbocycles. The highest BCUT2D eigenvalue weighted by molar-refractivity contribution is 5.93. The van der Waals surface area contributed by atoms with Crippen LogP contribution in [0.1, 0.15) is 58.7 Å². The summed E-state index contributed by atoms with van der Waals surface area (Å²) in [6.07, 6.45) is 5.02. The van der Waals surface area contributed by atoms with Crippen molar-refractivity contribution >= 4 is 11.9 Å². The molecule has 0 bridgehead atoms. The van der Waals surface area contributed by atoms with Crippen LogP contribution in [-0.4, -0.2) is 39.4 Å². The molecule has 3 aromatic rings. The maximum Gasteiger partial charge on any atom is 0.273 e. The number of methoxy groups -OCH3 is 1. The van der Waals surface area contributed by atoms with Crippen LogP contribution in [0.15, 0.2) is 40.9 Å². The van der Waals surface area contributed by atoms with Gasteiger partial charge < -0.3 is 19.8 Å². The lowest BCUT2D eigenvalue weighted by Gasteiger charge is -2.33. The Labute approximate surface area is 175 Å². The first-order valence-corrected chi connectivity index (χ1v) is 10.0. The number of ether oxygens (including phenoxy) is 1. The van der Waals surface area contributed by atoms with Crippen molar-refractivity contribution in [2.24, 2.45) is 0 Å². The molecule has 1 aliphatic heterocycles. The zero-order valence-electron chi connectivity index (χ0n) is 17.2. The lowest BCUT2D eigenvalue weighted by Crippen LogP contribution is -2.39. The van der Waals surface area contributed by atoms with E-state index in [1.165, 1.54) is 0 Å². The molecule has 2 N–H and O–H groups in total. The van der Waals surface area contributed by atoms with E-state index in [4.69, 9.17) is 14.9 Å². The van der Waals surface area contributed by atoms with Crippen molar-refractivity contribution in [1.82, 2.24) is 19.9 Å². The summed E-state index contributed by atoms with van der Waals surface area (Å²) in [5, 5.41) is 0. The number of anilines is 1. The second-order valence-electron chi connectivity index (χ2n) is 7.42. The number of piperidine rings is 1. The Bertz CT molecular complexity index is 1030. The van der Waals surface area contributed by atoms with E-state index >= 15 is 0 Å². The predicted octanol–water partition coefficient (Wildman–Crippen LogP) is 3.32. The fourth-order valence-corrected chi connectivity index (χ4v) is 3.87. The summed E-state index contributed by atoms with van der Waals surface area (Å²) in [5.74, 6) is 2.01. The van der Waals surface area contributed by atoms with Crippen molar-refractivity contribution in [3.8, 4) is 5.75 Å². The van der Waals surface area contributed by atoms with Crippen molar-refractivity contribution in [3.63, 3.8) is 0 Å². The SMILES string of the molecule is COc1ccccc1Cc1cnc([C@@H]2CCCCN2C(=O)c2cc(C)nc(N)n2)o1. The lowest BCUT2D eigenvalue weighted by molar-refractivity contribution is 0.0564. The summed E-state index contributed by atoms with van der Waals surface area (Å²) in [6, 6.07) is 9.25. The minimum atomic E-state index is -0.228. The van der Waals surface area contributed by atoms with Crippen molar-refractivity contribution in [2.75, 3.05) is 19.4 Å². The van der Waals surface area contributed by atoms with E-state index in [1.54, 1.807) is 31.2 Å². The number of nitrogen functional groups attached to an aromatic ring is 1. The lowest BCUT2D eigenvalue weighted by atomic mass is 10.0. The number of amides is 1. The Morgan fingerprint density at radius 1 is 1.30 bits per heavy atom. The van der Waals surface area contributed by atoms with E-state index in [0.717, 1.165) is 36.3 Å². The van der Waals surface area contributed by atoms with Crippen molar-refractivity contribution < 1.29 is 13.9 Å². The highest BCUT2D eigenvalue weighted by atomic mass is 16.5. The third-order valence-electron chi connectivity index (χ3n) is 5.27. The minimum absolute atomic E-state index is 0.0992. The summed E-state index contributed by atoms with van der Waals surface area (Å²) in [4.78, 5) is 27.6. The van der Waals surface area contributed by atoms with Gasteiger partial charge in [-0.2, -0.15) is 0 Å². The van der Waals surface area contributed by atoms with Crippen LogP contribution >= 0.6 is 0 Å². The predicted molar refractivity (Wildman–Crippen MR) is 111 cm³/mol. The maximum absolute atomic E-state index is 13.2. The molecule has 30 heavy (non-hydrogen) atoms. The molecule has 1 fully saturated rings. The number of carbonyl (C=O) groups is 1. The number of hydrogen-bond donors (Lipinski definition) is 1. The van der Waals surface area contributed by atoms with Crippen molar-refractivity contribution in [2.45, 2.75) is 38.6 Å². The smallest absolute Gasteiger partial charge is 0.273 e. The van der Waals surface area contributed by atoms with Gasteiger partial charge in [-0.3, -0.25) is 4.79 Å². The van der Waals surface area contributed by atoms with Gasteiger partial charge in [0.1, 0.15) is 23.2 Å². The molecule has 1 aliphatic rings. The van der Waals surface area contributed by atoms with Crippen molar-refractivity contribution in [3.05, 3.63) is 65.1 Å². The fourth-order valence-electron chi connectivity index (χ4n) is 3.87. The zero-order chi connectivity index (χ0) is 21.1. The van der Waals surface area contributed by atoms with Crippen LogP contribution in [0.5, 0.6) is 5.75 Å². The normalized spacial score (nSPS) is 16.5. The molecule has 3 heterocycles. The summed E-state index contributed by atoms with van der Waals surface area (Å²) < 4.78 is 11.5. The molecule has 156 valence electrons. The van der Waals surface area contributed by atoms with Gasteiger partial charge in [0.15, 0.2) is 0 Å². The van der Waals surface area contributed by atoms with Crippen LogP contribution in [0.2, 0.25) is 0 Å². The van der Waals surface area contributed by atoms with Crippen LogP contribution in [-0.2, 0) is 6.42 Å². The summed E-state index contributed by atoms with van der Waals surface area (Å²) in [6.45, 7) is 2.41. The first kappa shape index (κ1) is 19.9. The fraction of sp³-hybridized carbons (Fsp3) is 0.364. The molecule has 1 aromatic carbocycles. The molecule has 0 unspecified atom stereocenters. The van der Waals surface area contributed by atoms with E-state index in [9.17, 15) is 4.79 Å². The zero-order valence-corrected chi connectivity index (χ0v) is 17.2. The van der Waals surface area contributed by atoms with Gasteiger partial charge in [-0.25, -0.2) is 15.0 Å². The average Bonchev–Trinajstić information content (AvgIpc) is 3.21. The number of rotatable bonds is 5. The van der Waals surface area contributed by atoms with E-state index in [-0.39, 0.29) is 17.9 Å². The Morgan fingerprint density at radius 3 is 2.93 bits per heavy atom. The number of para-hydroxylation sites is 1. The topological polar surface area (TPSA) is 107 Å². The average molecular weight is 407 g/mol. The number of nitrogens with two attached hydrogens (primary N) is 1. The number of nitrogens with zero attached hydrogens (tertiary/aromatic N) is 4. The number of aromatic nitrogens is 3. The van der Waals surface area contributed by atoms with E-state index < -0.39 is 0 Å². The summed E-state index contributed by atoms with van der Waals surface area (Å²) in [7, 11) is 1.65. The second-order valence-corrected chi connectivity index (χ2v) is 7.42. The van der Waals surface area contributed by atoms with Gasteiger partial charge in [-0.15, -0.1) is 0 Å². The van der Waals surface area contributed by atoms with Gasteiger partial charge in [0, 0.05) is 24.2 Å². The molecule has 8 nitrogen and oxygen atoms in total. The Kier molecular flexibility index (Phi) is 5.65. The number of benzene rings is 1. The van der Waals surface area contributed by atoms with Gasteiger partial charge in [0.05, 0.1) is 13.3 Å². The van der Waals surface area contributed by atoms with Gasteiger partial charge in [-0.05, 0) is 38.3 Å². The molecule has 2 aromatic heterocycles. The number of hydrogen-bond acceptors (Lipinski definition) is 7. The molecular weight excluding hydrogens is 382 g/mol. The Hall–Kier alpha value is -3.42. The molecule has 0 spiro atoms. The van der Waals surface area contributed by atoms with E-state index in [1.807, 2.05) is 24.3 Å². The number of carbonyl (C=O) groups excluding carboxylic acids is 1. The highest BCUT2D eigenvalue weighted by Crippen LogP contribution is 2.32. The van der Waals surface area contributed by atoms with Crippen LogP contribution in [0, 0.1) is 6.92 Å². The van der Waals surface area contributed by atoms with Crippen molar-refractivity contribution in [1.29, 1.82) is 0 Å². The third kappa shape index (κ3) is 4.12. The van der Waals surface area contributed by atoms with Gasteiger partial charge in [-0.1, -0.05) is 18.2 Å². The molecule has 1 atom stereocenters. The maximum atomic E-state index is 13.2. The standard InChI is InChI=1S/C22H25N5O3/c1-14-11-17(26-22(23)25-14)21(28)27-10-6-5-8-18(27)20-24-13-16(30-20)12-15-7-3-4-9-19(15)29-2/h3-4,7,9,11,13,18H,5-6,8,10,12H2,1-2H3,(H2,23,25,26)/t18-/m0/s1. The highest BCUT2D eigenvalue weighted by Gasteiger charge is 2.33. The van der Waals surface area contributed by atoms with Crippen LogP contribution < -0.4 is 10.5 Å². The number of aryl methyl sites for hydroxylation is 1. The molecular formula is C22H25N5O3. The number of oxazole rings is 1. The van der Waals surface area contributed by atoms with Crippen LogP contribution in [0.3, 0.4) is 0 Å². The van der Waals surface area contributed by atoms with Gasteiger partial charge in [0.2, 0.25) is 11.8 Å². The largest absolute Gasteiger partial charge is 0.496 e. The molecule has 0 saturated carbocycles. The van der Waals surface area contributed by atoms with Crippen LogP contribution in [0.25, 0.3) is 0 Å². The first-order chi connectivity index (χ1) is 14.5. The van der Waals surface area contributed by atoms with Gasteiger partial charge >= 0.3 is 0 Å². The Morgan fingerprint density at radius 2 is 2.13 bits per heavy atom. The first-order valence-electron chi connectivity index (χ1n) is 10.0. The Balaban J connectivity index is 1.57. The molecule has 1 amide bonds. The van der Waals surface area contributed by atoms with Gasteiger partial charge in [0.25, 0.3) is 5.91 Å². The second kappa shape index (κ2) is 8.52. The third-order valence-corrected chi connectivity index (χ3v) is 5.27. The monoisotopic (exact) mass is 407 g/mol. The minimum Gasteiger partial charge on any atom is -0.496 e. The summed E-state index contributed by atoms with van der Waals surface area (Å²) in [5.41, 5.74) is 7.72. The molecule has 4 rings (SSSR count). The number of likely N-dealkylation sites (tertiary alicyclic amines) is 1. The summed E-state index contributed by atoms with van der Waals surface area (Å²) >= 11 is 0. The van der Waals surface area contributed by atoms with Crippen LogP contribution in [0.4, 0.5) is 5.95 Å². The molecule has 8 heteroatoms. The quantitative estimate of drug-likeness (QED) is 0.691. The molecule has 0 radical (unpaired) electrons.